The van der Waals surface area contributed by atoms with E-state index in [2.05, 4.69) is 44.1 Å². The number of anilines is 2. The van der Waals surface area contributed by atoms with Gasteiger partial charge in [-0.2, -0.15) is 18.3 Å². The number of aliphatic hydroxyl groups is 1. The van der Waals surface area contributed by atoms with Crippen molar-refractivity contribution in [2.75, 3.05) is 23.7 Å². The summed E-state index contributed by atoms with van der Waals surface area (Å²) < 4.78 is 42.8. The number of hydrogen-bond acceptors (Lipinski definition) is 9. The van der Waals surface area contributed by atoms with Gasteiger partial charge < -0.3 is 30.7 Å². The number of carbonyl (C=O) groups excluding carboxylic acids is 2. The Labute approximate surface area is 421 Å². The molecule has 0 saturated heterocycles. The molecule has 382 valence electrons. The number of aromatic nitrogens is 5. The SMILES string of the molecule is CC(C)(O)c1cc2nn(C3CCC(CNCCCCCCCCCc4cccc5c(-c6cccc(C(=O)Nc7ccc(=O)n(CC(=O)O)c7)c6)cncc45)CC3)cc2cc1NC(=O)c1cccc(C(F)(F)F)n1. The standard InChI is InChI=1S/C56H61F3N8O6/c1-55(2,73)46-29-48-40(28-49(46)64-54(72)47-18-12-19-50(63-47)56(57,58)59)33-67(65-48)42-23-20-36(21-24-42)30-60-26-9-7-5-3-4-6-8-13-37-14-11-17-43-44(37)31-61-32-45(43)38-15-10-16-39(27-38)53(71)62-41-22-25-51(68)66(34-41)35-52(69)70/h10-12,14-19,22,25,27-29,31-34,36,42,60,73H,3-9,13,20-21,23-24,26,30,35H2,1-2H3,(H,62,71)(H,64,72)(H,69,70). The Morgan fingerprint density at radius 1 is 0.781 bits per heavy atom. The molecule has 0 spiro atoms. The molecule has 4 aromatic heterocycles. The van der Waals surface area contributed by atoms with Crippen molar-refractivity contribution < 1.29 is 37.8 Å². The lowest BCUT2D eigenvalue weighted by atomic mass is 9.86. The van der Waals surface area contributed by atoms with E-state index in [1.807, 2.05) is 35.4 Å². The summed E-state index contributed by atoms with van der Waals surface area (Å²) in [6, 6.07) is 23.1. The summed E-state index contributed by atoms with van der Waals surface area (Å²) in [7, 11) is 0. The van der Waals surface area contributed by atoms with Gasteiger partial charge in [0.05, 0.1) is 22.8 Å². The molecule has 17 heteroatoms. The van der Waals surface area contributed by atoms with Crippen molar-refractivity contribution in [3.8, 4) is 11.1 Å². The molecule has 5 N–H and O–H groups in total. The molecule has 2 amide bonds. The highest BCUT2D eigenvalue weighted by molar-refractivity contribution is 6.06. The van der Waals surface area contributed by atoms with Crippen molar-refractivity contribution in [1.82, 2.24) is 29.6 Å². The minimum Gasteiger partial charge on any atom is -0.480 e. The quantitative estimate of drug-likeness (QED) is 0.0433. The first-order valence-electron chi connectivity index (χ1n) is 25.0. The summed E-state index contributed by atoms with van der Waals surface area (Å²) >= 11 is 0. The lowest BCUT2D eigenvalue weighted by Gasteiger charge is -2.28. The largest absolute Gasteiger partial charge is 0.480 e. The molecule has 4 heterocycles. The van der Waals surface area contributed by atoms with Gasteiger partial charge in [0, 0.05) is 64.0 Å². The van der Waals surface area contributed by atoms with Gasteiger partial charge in [-0.25, -0.2) is 4.98 Å². The second-order valence-corrected chi connectivity index (χ2v) is 19.6. The van der Waals surface area contributed by atoms with Crippen molar-refractivity contribution in [2.45, 2.75) is 115 Å². The zero-order chi connectivity index (χ0) is 51.7. The van der Waals surface area contributed by atoms with Crippen LogP contribution < -0.4 is 21.5 Å². The Morgan fingerprint density at radius 2 is 1.52 bits per heavy atom. The van der Waals surface area contributed by atoms with Gasteiger partial charge in [0.2, 0.25) is 0 Å². The first kappa shape index (κ1) is 52.1. The lowest BCUT2D eigenvalue weighted by molar-refractivity contribution is -0.141. The number of benzene rings is 3. The Hall–Kier alpha value is -7.24. The molecule has 3 aromatic carbocycles. The van der Waals surface area contributed by atoms with E-state index >= 15 is 0 Å². The summed E-state index contributed by atoms with van der Waals surface area (Å²) in [6.07, 6.45) is 15.5. The maximum Gasteiger partial charge on any atom is 0.433 e. The van der Waals surface area contributed by atoms with Crippen molar-refractivity contribution in [1.29, 1.82) is 0 Å². The number of carboxylic acids is 1. The van der Waals surface area contributed by atoms with Crippen molar-refractivity contribution >= 4 is 50.8 Å². The van der Waals surface area contributed by atoms with E-state index in [0.29, 0.717) is 28.2 Å². The Bertz CT molecular complexity index is 3150. The fraction of sp³-hybridized carbons (Fsp3) is 0.375. The topological polar surface area (TPSA) is 193 Å². The zero-order valence-electron chi connectivity index (χ0n) is 41.1. The van der Waals surface area contributed by atoms with Crippen LogP contribution in [0.4, 0.5) is 24.5 Å². The highest BCUT2D eigenvalue weighted by atomic mass is 19.4. The van der Waals surface area contributed by atoms with Gasteiger partial charge >= 0.3 is 12.1 Å². The number of fused-ring (bicyclic) bond motifs is 2. The van der Waals surface area contributed by atoms with Crippen LogP contribution >= 0.6 is 0 Å². The molecule has 73 heavy (non-hydrogen) atoms. The van der Waals surface area contributed by atoms with Gasteiger partial charge in [-0.05, 0) is 137 Å². The van der Waals surface area contributed by atoms with E-state index in [9.17, 15) is 37.5 Å². The molecule has 7 aromatic rings. The van der Waals surface area contributed by atoms with Crippen LogP contribution in [-0.4, -0.2) is 65.4 Å². The van der Waals surface area contributed by atoms with Crippen LogP contribution in [0.25, 0.3) is 32.8 Å². The third-order valence-corrected chi connectivity index (χ3v) is 13.6. The third-order valence-electron chi connectivity index (χ3n) is 13.6. The summed E-state index contributed by atoms with van der Waals surface area (Å²) in [6.45, 7) is 4.63. The number of aryl methyl sites for hydroxylation is 1. The van der Waals surface area contributed by atoms with E-state index in [-0.39, 0.29) is 23.3 Å². The molecule has 8 rings (SSSR count). The van der Waals surface area contributed by atoms with Crippen LogP contribution in [0.3, 0.4) is 0 Å². The second kappa shape index (κ2) is 23.1. The summed E-state index contributed by atoms with van der Waals surface area (Å²) in [5, 5.41) is 37.0. The molecule has 0 unspecified atom stereocenters. The number of halogens is 3. The number of aliphatic carboxylic acids is 1. The monoisotopic (exact) mass is 998 g/mol. The minimum absolute atomic E-state index is 0.208. The van der Waals surface area contributed by atoms with Crippen LogP contribution in [0.1, 0.15) is 128 Å². The maximum absolute atomic E-state index is 13.3. The van der Waals surface area contributed by atoms with Crippen LogP contribution in [0, 0.1) is 5.92 Å². The van der Waals surface area contributed by atoms with Crippen LogP contribution in [0.5, 0.6) is 0 Å². The molecule has 1 saturated carbocycles. The Kier molecular flexibility index (Phi) is 16.5. The van der Waals surface area contributed by atoms with Gasteiger partial charge in [0.1, 0.15) is 17.9 Å². The first-order valence-corrected chi connectivity index (χ1v) is 25.0. The predicted octanol–water partition coefficient (Wildman–Crippen LogP) is 10.9. The van der Waals surface area contributed by atoms with Gasteiger partial charge in [0.25, 0.3) is 17.4 Å². The van der Waals surface area contributed by atoms with Gasteiger partial charge in [0.15, 0.2) is 0 Å². The summed E-state index contributed by atoms with van der Waals surface area (Å²) in [5.41, 5.74) is 1.66. The number of carbonyl (C=O) groups is 3. The minimum atomic E-state index is -4.69. The number of amides is 2. The summed E-state index contributed by atoms with van der Waals surface area (Å²) in [5.74, 6) is -1.77. The molecular weight excluding hydrogens is 938 g/mol. The molecule has 14 nitrogen and oxygen atoms in total. The predicted molar refractivity (Wildman–Crippen MR) is 276 cm³/mol. The fourth-order valence-corrected chi connectivity index (χ4v) is 9.77. The smallest absolute Gasteiger partial charge is 0.433 e. The number of rotatable bonds is 21. The molecule has 0 aliphatic heterocycles. The van der Waals surface area contributed by atoms with Gasteiger partial charge in [-0.15, -0.1) is 0 Å². The molecule has 1 fully saturated rings. The fourth-order valence-electron chi connectivity index (χ4n) is 9.77. The molecule has 0 radical (unpaired) electrons. The molecule has 0 bridgehead atoms. The van der Waals surface area contributed by atoms with E-state index in [1.54, 1.807) is 38.1 Å². The van der Waals surface area contributed by atoms with E-state index < -0.39 is 41.5 Å². The Morgan fingerprint density at radius 3 is 2.27 bits per heavy atom. The van der Waals surface area contributed by atoms with E-state index in [1.165, 1.54) is 55.6 Å². The summed E-state index contributed by atoms with van der Waals surface area (Å²) in [4.78, 5) is 57.6. The highest BCUT2D eigenvalue weighted by Gasteiger charge is 2.33. The number of nitrogens with one attached hydrogen (secondary N) is 3. The molecule has 1 aliphatic carbocycles. The number of carboxylic acid groups (broad SMARTS) is 1. The highest BCUT2D eigenvalue weighted by Crippen LogP contribution is 2.37. The number of hydrogen-bond donors (Lipinski definition) is 5. The van der Waals surface area contributed by atoms with Crippen LogP contribution in [0.15, 0.2) is 115 Å². The third kappa shape index (κ3) is 13.4. The molecule has 1 aliphatic rings. The van der Waals surface area contributed by atoms with E-state index in [4.69, 9.17) is 10.2 Å². The number of alkyl halides is 3. The maximum atomic E-state index is 13.3. The van der Waals surface area contributed by atoms with Gasteiger partial charge in [-0.3, -0.25) is 28.8 Å². The second-order valence-electron chi connectivity index (χ2n) is 19.6. The molecule has 0 atom stereocenters. The van der Waals surface area contributed by atoms with Crippen molar-refractivity contribution in [3.63, 3.8) is 0 Å². The van der Waals surface area contributed by atoms with E-state index in [0.717, 1.165) is 108 Å². The average molecular weight is 999 g/mol. The van der Waals surface area contributed by atoms with Crippen molar-refractivity contribution in [2.24, 2.45) is 5.92 Å². The van der Waals surface area contributed by atoms with Crippen LogP contribution in [0.2, 0.25) is 0 Å². The molecular formula is C56H61F3N8O6. The van der Waals surface area contributed by atoms with Gasteiger partial charge in [-0.1, -0.05) is 68.5 Å². The lowest BCUT2D eigenvalue weighted by Crippen LogP contribution is -2.28. The number of nitrogens with zero attached hydrogens (tertiary/aromatic N) is 5. The number of unbranched alkanes of at least 4 members (excludes halogenated alkanes) is 6. The first-order chi connectivity index (χ1) is 35.0. The average Bonchev–Trinajstić information content (AvgIpc) is 3.79. The normalized spacial score (nSPS) is 15.2. The zero-order valence-corrected chi connectivity index (χ0v) is 41.1. The van der Waals surface area contributed by atoms with Crippen LogP contribution in [-0.2, 0) is 29.5 Å². The number of pyridine rings is 3. The Balaban J connectivity index is 0.732. The van der Waals surface area contributed by atoms with Crippen molar-refractivity contribution in [3.05, 3.63) is 148 Å².